The molecule has 25 heavy (non-hydrogen) atoms. The number of carbonyl (C=O) groups is 2. The Morgan fingerprint density at radius 3 is 2.28 bits per heavy atom. The highest BCUT2D eigenvalue weighted by Crippen LogP contribution is 2.17. The number of nitrogens with two attached hydrogens (primary N) is 1. The van der Waals surface area contributed by atoms with Gasteiger partial charge in [0.2, 0.25) is 0 Å². The first-order valence-corrected chi connectivity index (χ1v) is 7.33. The van der Waals surface area contributed by atoms with Crippen LogP contribution in [0.1, 0.15) is 20.8 Å². The van der Waals surface area contributed by atoms with Crippen molar-refractivity contribution >= 4 is 29.0 Å². The molecule has 0 bridgehead atoms. The number of rotatable bonds is 4. The van der Waals surface area contributed by atoms with Gasteiger partial charge in [-0.15, -0.1) is 0 Å². The van der Waals surface area contributed by atoms with Crippen LogP contribution < -0.4 is 16.4 Å². The molecule has 0 aliphatic heterocycles. The predicted octanol–water partition coefficient (Wildman–Crippen LogP) is 1.96. The molecule has 0 aliphatic rings. The van der Waals surface area contributed by atoms with Gasteiger partial charge in [-0.05, 0) is 30.3 Å². The molecule has 8 heteroatoms. The van der Waals surface area contributed by atoms with E-state index in [1.807, 2.05) is 0 Å². The Balaban J connectivity index is 1.72. The lowest BCUT2D eigenvalue weighted by Gasteiger charge is -2.09. The van der Waals surface area contributed by atoms with Crippen LogP contribution in [0.15, 0.2) is 61.2 Å². The Hall–Kier alpha value is -3.81. The van der Waals surface area contributed by atoms with E-state index in [1.165, 1.54) is 18.6 Å². The molecule has 2 aromatic heterocycles. The zero-order valence-corrected chi connectivity index (χ0v) is 13.0. The van der Waals surface area contributed by atoms with Gasteiger partial charge in [-0.3, -0.25) is 14.6 Å². The monoisotopic (exact) mass is 334 g/mol. The van der Waals surface area contributed by atoms with Crippen LogP contribution in [0.2, 0.25) is 0 Å². The van der Waals surface area contributed by atoms with E-state index in [4.69, 9.17) is 5.73 Å². The lowest BCUT2D eigenvalue weighted by atomic mass is 10.2. The molecule has 2 heterocycles. The lowest BCUT2D eigenvalue weighted by Crippen LogP contribution is -2.17. The molecule has 8 nitrogen and oxygen atoms in total. The number of pyridine rings is 1. The quantitative estimate of drug-likeness (QED) is 0.670. The zero-order chi connectivity index (χ0) is 17.6. The molecule has 3 rings (SSSR count). The molecule has 0 unspecified atom stereocenters. The van der Waals surface area contributed by atoms with Gasteiger partial charge >= 0.3 is 0 Å². The maximum absolute atomic E-state index is 12.2. The summed E-state index contributed by atoms with van der Waals surface area (Å²) in [7, 11) is 0. The van der Waals surface area contributed by atoms with E-state index in [2.05, 4.69) is 25.6 Å². The Morgan fingerprint density at radius 2 is 1.60 bits per heavy atom. The summed E-state index contributed by atoms with van der Waals surface area (Å²) in [6.45, 7) is 0. The number of benzene rings is 1. The second kappa shape index (κ2) is 7.18. The first kappa shape index (κ1) is 16.1. The summed E-state index contributed by atoms with van der Waals surface area (Å²) in [4.78, 5) is 36.0. The fourth-order valence-corrected chi connectivity index (χ4v) is 2.09. The van der Waals surface area contributed by atoms with Crippen molar-refractivity contribution in [2.24, 2.45) is 0 Å². The first-order chi connectivity index (χ1) is 12.1. The second-order valence-electron chi connectivity index (χ2n) is 5.02. The highest BCUT2D eigenvalue weighted by molar-refractivity contribution is 6.07. The molecule has 0 spiro atoms. The summed E-state index contributed by atoms with van der Waals surface area (Å²) in [5.74, 6) is -0.739. The van der Waals surface area contributed by atoms with E-state index < -0.39 is 5.91 Å². The molecule has 124 valence electrons. The van der Waals surface area contributed by atoms with Crippen molar-refractivity contribution in [3.63, 3.8) is 0 Å². The summed E-state index contributed by atoms with van der Waals surface area (Å²) in [5.41, 5.74) is 7.12. The third kappa shape index (κ3) is 3.94. The third-order valence-corrected chi connectivity index (χ3v) is 3.24. The second-order valence-corrected chi connectivity index (χ2v) is 5.02. The Kier molecular flexibility index (Phi) is 4.61. The van der Waals surface area contributed by atoms with Crippen molar-refractivity contribution in [2.75, 3.05) is 16.4 Å². The van der Waals surface area contributed by atoms with Crippen molar-refractivity contribution in [1.82, 2.24) is 15.0 Å². The van der Waals surface area contributed by atoms with E-state index in [0.717, 1.165) is 0 Å². The van der Waals surface area contributed by atoms with Crippen LogP contribution in [-0.2, 0) is 0 Å². The van der Waals surface area contributed by atoms with Crippen molar-refractivity contribution < 1.29 is 9.59 Å². The van der Waals surface area contributed by atoms with Crippen LogP contribution in [0.3, 0.4) is 0 Å². The number of amides is 2. The maximum Gasteiger partial charge on any atom is 0.278 e. The van der Waals surface area contributed by atoms with Crippen molar-refractivity contribution in [1.29, 1.82) is 0 Å². The number of hydrogen-bond acceptors (Lipinski definition) is 6. The fourth-order valence-electron chi connectivity index (χ4n) is 2.09. The number of hydrogen-bond donors (Lipinski definition) is 3. The summed E-state index contributed by atoms with van der Waals surface area (Å²) >= 11 is 0. The van der Waals surface area contributed by atoms with E-state index in [1.54, 1.807) is 42.6 Å². The number of nitrogen functional groups attached to an aromatic ring is 1. The van der Waals surface area contributed by atoms with Gasteiger partial charge in [-0.1, -0.05) is 6.07 Å². The molecule has 0 atom stereocenters. The van der Waals surface area contributed by atoms with Gasteiger partial charge in [0.15, 0.2) is 11.5 Å². The molecular formula is C17H14N6O2. The molecule has 2 amide bonds. The molecule has 0 fully saturated rings. The summed E-state index contributed by atoms with van der Waals surface area (Å²) in [6, 6.07) is 10.1. The molecule has 4 N–H and O–H groups in total. The Morgan fingerprint density at radius 1 is 0.880 bits per heavy atom. The smallest absolute Gasteiger partial charge is 0.278 e. The minimum absolute atomic E-state index is 0.0345. The Labute approximate surface area is 143 Å². The third-order valence-electron chi connectivity index (χ3n) is 3.24. The van der Waals surface area contributed by atoms with Gasteiger partial charge in [0.1, 0.15) is 0 Å². The SMILES string of the molecule is Nc1nccnc1C(=O)Nc1cccc(NC(=O)c2cccnc2)c1. The summed E-state index contributed by atoms with van der Waals surface area (Å²) in [6.07, 6.45) is 5.85. The van der Waals surface area contributed by atoms with Gasteiger partial charge in [0.25, 0.3) is 11.8 Å². The van der Waals surface area contributed by atoms with Gasteiger partial charge in [0, 0.05) is 36.2 Å². The molecule has 0 radical (unpaired) electrons. The summed E-state index contributed by atoms with van der Waals surface area (Å²) in [5, 5.41) is 5.41. The van der Waals surface area contributed by atoms with Crippen molar-refractivity contribution in [3.05, 3.63) is 72.4 Å². The molecule has 0 aliphatic carbocycles. The average Bonchev–Trinajstić information content (AvgIpc) is 2.63. The fraction of sp³-hybridized carbons (Fsp3) is 0. The first-order valence-electron chi connectivity index (χ1n) is 7.33. The minimum Gasteiger partial charge on any atom is -0.382 e. The van der Waals surface area contributed by atoms with Crippen LogP contribution in [-0.4, -0.2) is 26.8 Å². The van der Waals surface area contributed by atoms with Gasteiger partial charge in [-0.2, -0.15) is 0 Å². The number of nitrogens with zero attached hydrogens (tertiary/aromatic N) is 3. The molecular weight excluding hydrogens is 320 g/mol. The number of carbonyl (C=O) groups excluding carboxylic acids is 2. The van der Waals surface area contributed by atoms with E-state index in [0.29, 0.717) is 16.9 Å². The largest absolute Gasteiger partial charge is 0.382 e. The van der Waals surface area contributed by atoms with Crippen LogP contribution >= 0.6 is 0 Å². The van der Waals surface area contributed by atoms with Crippen molar-refractivity contribution in [3.8, 4) is 0 Å². The van der Waals surface area contributed by atoms with Crippen LogP contribution in [0.4, 0.5) is 17.2 Å². The lowest BCUT2D eigenvalue weighted by molar-refractivity contribution is 0.101. The average molecular weight is 334 g/mol. The molecule has 3 aromatic rings. The van der Waals surface area contributed by atoms with E-state index in [-0.39, 0.29) is 17.4 Å². The number of anilines is 3. The van der Waals surface area contributed by atoms with Crippen LogP contribution in [0.25, 0.3) is 0 Å². The molecule has 0 saturated carbocycles. The van der Waals surface area contributed by atoms with E-state index in [9.17, 15) is 9.59 Å². The number of aromatic nitrogens is 3. The number of nitrogens with one attached hydrogen (secondary N) is 2. The Bertz CT molecular complexity index is 914. The minimum atomic E-state index is -0.485. The standard InChI is InChI=1S/C17H14N6O2/c18-15-14(20-7-8-21-15)17(25)23-13-5-1-4-12(9-13)22-16(24)11-3-2-6-19-10-11/h1-10H,(H2,18,21)(H,22,24)(H,23,25). The topological polar surface area (TPSA) is 123 Å². The van der Waals surface area contributed by atoms with Gasteiger partial charge in [0.05, 0.1) is 5.56 Å². The normalized spacial score (nSPS) is 10.1. The predicted molar refractivity (Wildman–Crippen MR) is 93.0 cm³/mol. The summed E-state index contributed by atoms with van der Waals surface area (Å²) < 4.78 is 0. The van der Waals surface area contributed by atoms with Crippen LogP contribution in [0.5, 0.6) is 0 Å². The van der Waals surface area contributed by atoms with E-state index >= 15 is 0 Å². The van der Waals surface area contributed by atoms with Gasteiger partial charge in [-0.25, -0.2) is 9.97 Å². The molecule has 1 aromatic carbocycles. The highest BCUT2D eigenvalue weighted by atomic mass is 16.2. The van der Waals surface area contributed by atoms with Crippen molar-refractivity contribution in [2.45, 2.75) is 0 Å². The highest BCUT2D eigenvalue weighted by Gasteiger charge is 2.13. The zero-order valence-electron chi connectivity index (χ0n) is 13.0. The molecule has 0 saturated heterocycles. The van der Waals surface area contributed by atoms with Crippen LogP contribution in [0, 0.1) is 0 Å². The maximum atomic E-state index is 12.2. The van der Waals surface area contributed by atoms with Gasteiger partial charge < -0.3 is 16.4 Å².